The molecule has 0 saturated carbocycles. The molecule has 1 saturated heterocycles. The number of Topliss-reactive ketones (excluding diaryl/α,β-unsaturated/α-hetero) is 1. The maximum Gasteiger partial charge on any atom is 0.129 e. The first-order valence-corrected chi connectivity index (χ1v) is 5.40. The minimum absolute atomic E-state index is 0.329. The molecule has 1 aliphatic heterocycles. The molecule has 2 nitrogen and oxygen atoms in total. The van der Waals surface area contributed by atoms with Gasteiger partial charge in [0, 0.05) is 13.0 Å². The summed E-state index contributed by atoms with van der Waals surface area (Å²) in [6, 6.07) is 0. The van der Waals surface area contributed by atoms with Crippen LogP contribution in [0.15, 0.2) is 0 Å². The first kappa shape index (κ1) is 10.7. The van der Waals surface area contributed by atoms with E-state index in [-0.39, 0.29) is 0 Å². The average Bonchev–Trinajstić information content (AvgIpc) is 2.45. The van der Waals surface area contributed by atoms with Crippen molar-refractivity contribution in [3.8, 4) is 0 Å². The van der Waals surface area contributed by atoms with Crippen LogP contribution in [-0.2, 0) is 4.79 Å². The van der Waals surface area contributed by atoms with Gasteiger partial charge in [-0.05, 0) is 45.2 Å². The van der Waals surface area contributed by atoms with E-state index >= 15 is 0 Å². The van der Waals surface area contributed by atoms with Gasteiger partial charge in [0.15, 0.2) is 0 Å². The number of carbonyl (C=O) groups is 1. The molecule has 1 heterocycles. The number of unbranched alkanes of at least 4 members (excludes halogenated alkanes) is 1. The van der Waals surface area contributed by atoms with Gasteiger partial charge in [-0.3, -0.25) is 0 Å². The van der Waals surface area contributed by atoms with Crippen LogP contribution in [0.4, 0.5) is 0 Å². The van der Waals surface area contributed by atoms with E-state index in [1.807, 2.05) is 0 Å². The SMILES string of the molecule is CC(=O)CCCCN1CCC(C)C1. The van der Waals surface area contributed by atoms with Gasteiger partial charge >= 0.3 is 0 Å². The molecule has 1 atom stereocenters. The summed E-state index contributed by atoms with van der Waals surface area (Å²) in [7, 11) is 0. The molecule has 1 aliphatic rings. The standard InChI is InChI=1S/C11H21NO/c1-10-6-8-12(9-10)7-4-3-5-11(2)13/h10H,3-9H2,1-2H3. The first-order chi connectivity index (χ1) is 6.18. The molecule has 0 aromatic heterocycles. The fourth-order valence-electron chi connectivity index (χ4n) is 1.94. The molecule has 0 N–H and O–H groups in total. The predicted octanol–water partition coefficient (Wildman–Crippen LogP) is 2.09. The van der Waals surface area contributed by atoms with Gasteiger partial charge in [0.25, 0.3) is 0 Å². The van der Waals surface area contributed by atoms with Gasteiger partial charge in [-0.1, -0.05) is 6.92 Å². The van der Waals surface area contributed by atoms with Gasteiger partial charge in [-0.2, -0.15) is 0 Å². The number of hydrogen-bond acceptors (Lipinski definition) is 2. The zero-order chi connectivity index (χ0) is 9.68. The smallest absolute Gasteiger partial charge is 0.129 e. The number of carbonyl (C=O) groups excluding carboxylic acids is 1. The number of ketones is 1. The van der Waals surface area contributed by atoms with Crippen LogP contribution in [0, 0.1) is 5.92 Å². The lowest BCUT2D eigenvalue weighted by Crippen LogP contribution is -2.21. The molecule has 76 valence electrons. The molecule has 0 aromatic carbocycles. The monoisotopic (exact) mass is 183 g/mol. The summed E-state index contributed by atoms with van der Waals surface area (Å²) in [5.41, 5.74) is 0. The number of rotatable bonds is 5. The fourth-order valence-corrected chi connectivity index (χ4v) is 1.94. The van der Waals surface area contributed by atoms with Crippen LogP contribution in [0.3, 0.4) is 0 Å². The number of likely N-dealkylation sites (tertiary alicyclic amines) is 1. The van der Waals surface area contributed by atoms with Crippen molar-refractivity contribution in [3.05, 3.63) is 0 Å². The maximum absolute atomic E-state index is 10.7. The molecule has 0 spiro atoms. The van der Waals surface area contributed by atoms with E-state index in [1.165, 1.54) is 32.5 Å². The van der Waals surface area contributed by atoms with E-state index in [1.54, 1.807) is 6.92 Å². The normalized spacial score (nSPS) is 23.7. The Morgan fingerprint density at radius 2 is 2.23 bits per heavy atom. The second-order valence-electron chi connectivity index (χ2n) is 4.35. The van der Waals surface area contributed by atoms with E-state index < -0.39 is 0 Å². The van der Waals surface area contributed by atoms with Crippen LogP contribution in [0.25, 0.3) is 0 Å². The van der Waals surface area contributed by atoms with Crippen LogP contribution >= 0.6 is 0 Å². The largest absolute Gasteiger partial charge is 0.303 e. The van der Waals surface area contributed by atoms with E-state index in [9.17, 15) is 4.79 Å². The van der Waals surface area contributed by atoms with Crippen molar-refractivity contribution in [3.63, 3.8) is 0 Å². The molecule has 0 bridgehead atoms. The summed E-state index contributed by atoms with van der Waals surface area (Å²) in [6.07, 6.45) is 4.38. The minimum atomic E-state index is 0.329. The molecule has 0 amide bonds. The molecule has 1 fully saturated rings. The molecule has 0 aromatic rings. The van der Waals surface area contributed by atoms with Gasteiger partial charge in [-0.25, -0.2) is 0 Å². The maximum atomic E-state index is 10.7. The minimum Gasteiger partial charge on any atom is -0.303 e. The Morgan fingerprint density at radius 3 is 2.77 bits per heavy atom. The van der Waals surface area contributed by atoms with Crippen molar-refractivity contribution in [1.29, 1.82) is 0 Å². The summed E-state index contributed by atoms with van der Waals surface area (Å²) in [5.74, 6) is 1.21. The third-order valence-corrected chi connectivity index (χ3v) is 2.76. The Morgan fingerprint density at radius 1 is 1.46 bits per heavy atom. The summed E-state index contributed by atoms with van der Waals surface area (Å²) in [6.45, 7) is 7.71. The highest BCUT2D eigenvalue weighted by Gasteiger charge is 2.17. The quantitative estimate of drug-likeness (QED) is 0.608. The number of hydrogen-bond donors (Lipinski definition) is 0. The van der Waals surface area contributed by atoms with E-state index in [0.29, 0.717) is 5.78 Å². The van der Waals surface area contributed by atoms with Gasteiger partial charge in [0.2, 0.25) is 0 Å². The van der Waals surface area contributed by atoms with Crippen molar-refractivity contribution in [2.75, 3.05) is 19.6 Å². The lowest BCUT2D eigenvalue weighted by atomic mass is 10.2. The Balaban J connectivity index is 1.97. The average molecular weight is 183 g/mol. The van der Waals surface area contributed by atoms with Crippen LogP contribution in [0.5, 0.6) is 0 Å². The van der Waals surface area contributed by atoms with Gasteiger partial charge in [-0.15, -0.1) is 0 Å². The lowest BCUT2D eigenvalue weighted by molar-refractivity contribution is -0.117. The molecule has 2 heteroatoms. The highest BCUT2D eigenvalue weighted by Crippen LogP contribution is 2.15. The summed E-state index contributed by atoms with van der Waals surface area (Å²) in [4.78, 5) is 13.2. The molecule has 1 unspecified atom stereocenters. The van der Waals surface area contributed by atoms with Gasteiger partial charge in [0.05, 0.1) is 0 Å². The summed E-state index contributed by atoms with van der Waals surface area (Å²) < 4.78 is 0. The predicted molar refractivity (Wildman–Crippen MR) is 54.8 cm³/mol. The Hall–Kier alpha value is -0.370. The number of nitrogens with zero attached hydrogens (tertiary/aromatic N) is 1. The van der Waals surface area contributed by atoms with Crippen molar-refractivity contribution in [2.24, 2.45) is 5.92 Å². The molecule has 0 aliphatic carbocycles. The van der Waals surface area contributed by atoms with Crippen molar-refractivity contribution in [2.45, 2.75) is 39.5 Å². The fraction of sp³-hybridized carbons (Fsp3) is 0.909. The van der Waals surface area contributed by atoms with Crippen LogP contribution in [-0.4, -0.2) is 30.3 Å². The molecular formula is C11H21NO. The topological polar surface area (TPSA) is 20.3 Å². The van der Waals surface area contributed by atoms with Crippen molar-refractivity contribution >= 4 is 5.78 Å². The lowest BCUT2D eigenvalue weighted by Gasteiger charge is -2.14. The highest BCUT2D eigenvalue weighted by molar-refractivity contribution is 5.75. The molecule has 1 rings (SSSR count). The van der Waals surface area contributed by atoms with E-state index in [4.69, 9.17) is 0 Å². The first-order valence-electron chi connectivity index (χ1n) is 5.40. The third-order valence-electron chi connectivity index (χ3n) is 2.76. The summed E-state index contributed by atoms with van der Waals surface area (Å²) >= 11 is 0. The summed E-state index contributed by atoms with van der Waals surface area (Å²) in [5, 5.41) is 0. The second-order valence-corrected chi connectivity index (χ2v) is 4.35. The second kappa shape index (κ2) is 5.38. The van der Waals surface area contributed by atoms with Crippen LogP contribution in [0.1, 0.15) is 39.5 Å². The Bertz CT molecular complexity index is 167. The molecular weight excluding hydrogens is 162 g/mol. The Kier molecular flexibility index (Phi) is 4.43. The highest BCUT2D eigenvalue weighted by atomic mass is 16.1. The van der Waals surface area contributed by atoms with Crippen LogP contribution < -0.4 is 0 Å². The van der Waals surface area contributed by atoms with E-state index in [2.05, 4.69) is 11.8 Å². The zero-order valence-electron chi connectivity index (χ0n) is 8.88. The van der Waals surface area contributed by atoms with E-state index in [0.717, 1.165) is 18.8 Å². The third kappa shape index (κ3) is 4.41. The molecule has 13 heavy (non-hydrogen) atoms. The molecule has 0 radical (unpaired) electrons. The van der Waals surface area contributed by atoms with Gasteiger partial charge < -0.3 is 9.69 Å². The van der Waals surface area contributed by atoms with Gasteiger partial charge in [0.1, 0.15) is 5.78 Å². The van der Waals surface area contributed by atoms with Crippen molar-refractivity contribution < 1.29 is 4.79 Å². The van der Waals surface area contributed by atoms with Crippen molar-refractivity contribution in [1.82, 2.24) is 4.90 Å². The van der Waals surface area contributed by atoms with Crippen LogP contribution in [0.2, 0.25) is 0 Å². The Labute approximate surface area is 81.3 Å². The zero-order valence-corrected chi connectivity index (χ0v) is 8.88.